The lowest BCUT2D eigenvalue weighted by Gasteiger charge is -2.08. The number of hydrogen-bond donors (Lipinski definition) is 1. The number of benzene rings is 1. The van der Waals surface area contributed by atoms with Crippen LogP contribution in [0.25, 0.3) is 0 Å². The zero-order valence-corrected chi connectivity index (χ0v) is 13.5. The van der Waals surface area contributed by atoms with Crippen molar-refractivity contribution in [3.8, 4) is 5.75 Å². The van der Waals surface area contributed by atoms with E-state index in [1.165, 1.54) is 7.11 Å². The summed E-state index contributed by atoms with van der Waals surface area (Å²) < 4.78 is 28.2. The second-order valence-corrected chi connectivity index (χ2v) is 7.77. The van der Waals surface area contributed by atoms with E-state index >= 15 is 0 Å². The highest BCUT2D eigenvalue weighted by Crippen LogP contribution is 2.37. The predicted octanol–water partition coefficient (Wildman–Crippen LogP) is 2.68. The average molecular weight is 342 g/mol. The molecule has 9 heteroatoms. The van der Waals surface area contributed by atoms with Gasteiger partial charge in [0.15, 0.2) is 14.8 Å². The summed E-state index contributed by atoms with van der Waals surface area (Å²) in [5, 5.41) is 14.2. The largest absolute Gasteiger partial charge is 0.496 e. The molecule has 0 aliphatic carbocycles. The van der Waals surface area contributed by atoms with Gasteiger partial charge < -0.3 is 10.1 Å². The first kappa shape index (κ1) is 16.2. The van der Waals surface area contributed by atoms with Crippen LogP contribution < -0.4 is 10.1 Å². The molecule has 1 N–H and O–H groups in total. The molecule has 0 spiro atoms. The Hall–Kier alpha value is -2.13. The van der Waals surface area contributed by atoms with Crippen LogP contribution >= 0.6 is 11.3 Å². The Labute approximate surface area is 131 Å². The van der Waals surface area contributed by atoms with Crippen molar-refractivity contribution < 1.29 is 18.1 Å². The van der Waals surface area contributed by atoms with Gasteiger partial charge in [0.1, 0.15) is 9.96 Å². The molecule has 0 radical (unpaired) electrons. The number of nitrogens with zero attached hydrogens (tertiary/aromatic N) is 1. The van der Waals surface area contributed by atoms with Gasteiger partial charge in [0, 0.05) is 24.4 Å². The molecule has 1 aromatic heterocycles. The van der Waals surface area contributed by atoms with Crippen LogP contribution in [0.3, 0.4) is 0 Å². The standard InChI is InChI=1S/C13H14N2O5S2/c1-20-11-6-4-3-5-9(11)8-14-13-10(15(16)17)7-12(21-13)22(2,18)19/h3-7,14H,8H2,1-2H3. The first-order valence-corrected chi connectivity index (χ1v) is 8.87. The van der Waals surface area contributed by atoms with Gasteiger partial charge in [0.25, 0.3) is 0 Å². The maximum Gasteiger partial charge on any atom is 0.304 e. The minimum Gasteiger partial charge on any atom is -0.496 e. The van der Waals surface area contributed by atoms with Crippen molar-refractivity contribution in [1.82, 2.24) is 0 Å². The maximum absolute atomic E-state index is 11.5. The van der Waals surface area contributed by atoms with E-state index in [1.54, 1.807) is 6.07 Å². The maximum atomic E-state index is 11.5. The van der Waals surface area contributed by atoms with Crippen LogP contribution in [-0.2, 0) is 16.4 Å². The molecule has 2 aromatic rings. The van der Waals surface area contributed by atoms with Gasteiger partial charge in [-0.1, -0.05) is 29.5 Å². The summed E-state index contributed by atoms with van der Waals surface area (Å²) in [5.41, 5.74) is 0.564. The zero-order chi connectivity index (χ0) is 16.3. The average Bonchev–Trinajstić information content (AvgIpc) is 2.90. The quantitative estimate of drug-likeness (QED) is 0.640. The van der Waals surface area contributed by atoms with Crippen molar-refractivity contribution >= 4 is 31.9 Å². The molecule has 22 heavy (non-hydrogen) atoms. The number of hydrogen-bond acceptors (Lipinski definition) is 7. The lowest BCUT2D eigenvalue weighted by atomic mass is 10.2. The monoisotopic (exact) mass is 342 g/mol. The van der Waals surface area contributed by atoms with Crippen molar-refractivity contribution in [2.45, 2.75) is 10.8 Å². The summed E-state index contributed by atoms with van der Waals surface area (Å²) in [6, 6.07) is 8.32. The fraction of sp³-hybridized carbons (Fsp3) is 0.231. The molecule has 2 rings (SSSR count). The molecule has 7 nitrogen and oxygen atoms in total. The third-order valence-corrected chi connectivity index (χ3v) is 5.77. The van der Waals surface area contributed by atoms with Crippen molar-refractivity contribution in [2.24, 2.45) is 0 Å². The lowest BCUT2D eigenvalue weighted by molar-refractivity contribution is -0.383. The fourth-order valence-electron chi connectivity index (χ4n) is 1.83. The molecule has 118 valence electrons. The van der Waals surface area contributed by atoms with Gasteiger partial charge in [-0.25, -0.2) is 8.42 Å². The molecule has 1 aromatic carbocycles. The smallest absolute Gasteiger partial charge is 0.304 e. The number of nitrogens with one attached hydrogen (secondary N) is 1. The third-order valence-electron chi connectivity index (χ3n) is 2.88. The topological polar surface area (TPSA) is 98.5 Å². The Kier molecular flexibility index (Phi) is 4.67. The summed E-state index contributed by atoms with van der Waals surface area (Å²) in [6.07, 6.45) is 1.02. The Morgan fingerprint density at radius 1 is 1.36 bits per heavy atom. The molecule has 1 heterocycles. The van der Waals surface area contributed by atoms with E-state index in [0.717, 1.165) is 29.2 Å². The molecule has 0 fully saturated rings. The van der Waals surface area contributed by atoms with Crippen molar-refractivity contribution in [1.29, 1.82) is 0 Å². The Morgan fingerprint density at radius 2 is 2.05 bits per heavy atom. The lowest BCUT2D eigenvalue weighted by Crippen LogP contribution is -2.01. The first-order chi connectivity index (χ1) is 10.3. The van der Waals surface area contributed by atoms with E-state index in [4.69, 9.17) is 4.74 Å². The van der Waals surface area contributed by atoms with E-state index in [1.807, 2.05) is 18.2 Å². The van der Waals surface area contributed by atoms with Crippen LogP contribution in [-0.4, -0.2) is 26.7 Å². The molecule has 0 atom stereocenters. The highest BCUT2D eigenvalue weighted by atomic mass is 32.2. The summed E-state index contributed by atoms with van der Waals surface area (Å²) >= 11 is 0.846. The predicted molar refractivity (Wildman–Crippen MR) is 84.4 cm³/mol. The summed E-state index contributed by atoms with van der Waals surface area (Å²) in [4.78, 5) is 10.4. The van der Waals surface area contributed by atoms with Gasteiger partial charge in [-0.15, -0.1) is 0 Å². The number of nitro groups is 1. The van der Waals surface area contributed by atoms with Gasteiger partial charge in [-0.05, 0) is 6.07 Å². The van der Waals surface area contributed by atoms with E-state index < -0.39 is 14.8 Å². The van der Waals surface area contributed by atoms with Crippen molar-refractivity contribution in [2.75, 3.05) is 18.7 Å². The Bertz CT molecular complexity index is 799. The van der Waals surface area contributed by atoms with Gasteiger partial charge in [-0.3, -0.25) is 10.1 Å². The number of thiophene rings is 1. The number of methoxy groups -OCH3 is 1. The molecule has 0 amide bonds. The van der Waals surface area contributed by atoms with E-state index in [2.05, 4.69) is 5.32 Å². The van der Waals surface area contributed by atoms with Gasteiger partial charge in [0.05, 0.1) is 12.0 Å². The Balaban J connectivity index is 2.29. The summed E-state index contributed by atoms with van der Waals surface area (Å²) in [7, 11) is -1.95. The van der Waals surface area contributed by atoms with E-state index in [0.29, 0.717) is 5.75 Å². The van der Waals surface area contributed by atoms with Crippen LogP contribution in [0.1, 0.15) is 5.56 Å². The van der Waals surface area contributed by atoms with Crippen molar-refractivity contribution in [3.63, 3.8) is 0 Å². The third kappa shape index (κ3) is 3.55. The van der Waals surface area contributed by atoms with Gasteiger partial charge >= 0.3 is 5.69 Å². The van der Waals surface area contributed by atoms with E-state index in [9.17, 15) is 18.5 Å². The molecule has 0 saturated carbocycles. The van der Waals surface area contributed by atoms with Crippen LogP contribution in [0, 0.1) is 10.1 Å². The molecule has 0 aliphatic rings. The van der Waals surface area contributed by atoms with Crippen LogP contribution in [0.2, 0.25) is 0 Å². The van der Waals surface area contributed by atoms with Crippen LogP contribution in [0.4, 0.5) is 10.7 Å². The minimum absolute atomic E-state index is 0.0401. The summed E-state index contributed by atoms with van der Waals surface area (Å²) in [5.74, 6) is 0.651. The zero-order valence-electron chi connectivity index (χ0n) is 11.9. The van der Waals surface area contributed by atoms with Gasteiger partial charge in [0.2, 0.25) is 0 Å². The molecule has 0 aliphatic heterocycles. The highest BCUT2D eigenvalue weighted by Gasteiger charge is 2.23. The normalized spacial score (nSPS) is 11.2. The molecule has 0 bridgehead atoms. The first-order valence-electron chi connectivity index (χ1n) is 6.17. The van der Waals surface area contributed by atoms with Crippen LogP contribution in [0.5, 0.6) is 5.75 Å². The summed E-state index contributed by atoms with van der Waals surface area (Å²) in [6.45, 7) is 0.286. The second kappa shape index (κ2) is 6.32. The van der Waals surface area contributed by atoms with E-state index in [-0.39, 0.29) is 21.4 Å². The fourth-order valence-corrected chi connectivity index (χ4v) is 3.76. The molecule has 0 saturated heterocycles. The number of sulfone groups is 1. The number of rotatable bonds is 6. The highest BCUT2D eigenvalue weighted by molar-refractivity contribution is 7.92. The minimum atomic E-state index is -3.48. The molecular formula is C13H14N2O5S2. The Morgan fingerprint density at radius 3 is 2.64 bits per heavy atom. The number of para-hydroxylation sites is 1. The number of ether oxygens (including phenoxy) is 1. The number of anilines is 1. The van der Waals surface area contributed by atoms with Crippen molar-refractivity contribution in [3.05, 3.63) is 46.0 Å². The molecular weight excluding hydrogens is 328 g/mol. The van der Waals surface area contributed by atoms with Crippen LogP contribution in [0.15, 0.2) is 34.5 Å². The van der Waals surface area contributed by atoms with Gasteiger partial charge in [-0.2, -0.15) is 0 Å². The SMILES string of the molecule is COc1ccccc1CNc1sc(S(C)(=O)=O)cc1[N+](=O)[O-]. The molecule has 0 unspecified atom stereocenters. The second-order valence-electron chi connectivity index (χ2n) is 4.47.